The lowest BCUT2D eigenvalue weighted by Gasteiger charge is -2.21. The number of rotatable bonds is 10. The van der Waals surface area contributed by atoms with Gasteiger partial charge in [-0.2, -0.15) is 0 Å². The molecule has 0 aliphatic carbocycles. The van der Waals surface area contributed by atoms with Crippen LogP contribution in [0.15, 0.2) is 30.5 Å². The molecule has 2 aromatic rings. The Morgan fingerprint density at radius 2 is 1.65 bits per heavy atom. The molecule has 4 unspecified atom stereocenters. The molecule has 0 aliphatic heterocycles. The van der Waals surface area contributed by atoms with Crippen LogP contribution < -0.4 is 21.7 Å². The van der Waals surface area contributed by atoms with Crippen molar-refractivity contribution in [1.29, 1.82) is 0 Å². The van der Waals surface area contributed by atoms with Gasteiger partial charge in [0.1, 0.15) is 18.1 Å². The van der Waals surface area contributed by atoms with E-state index in [0.717, 1.165) is 16.5 Å². The molecule has 0 saturated carbocycles. The molecule has 1 aromatic heterocycles. The molecular formula is C20H27N5O6. The topological polar surface area (TPSA) is 187 Å². The van der Waals surface area contributed by atoms with Crippen LogP contribution in [0.4, 0.5) is 0 Å². The van der Waals surface area contributed by atoms with Crippen LogP contribution in [0.1, 0.15) is 19.4 Å². The Balaban J connectivity index is 1.92. The van der Waals surface area contributed by atoms with Crippen LogP contribution in [0, 0.1) is 0 Å². The van der Waals surface area contributed by atoms with Crippen LogP contribution in [-0.4, -0.2) is 69.7 Å². The highest BCUT2D eigenvalue weighted by atomic mass is 16.4. The molecular weight excluding hydrogens is 406 g/mol. The molecule has 3 amide bonds. The summed E-state index contributed by atoms with van der Waals surface area (Å²) in [5, 5.41) is 26.2. The second-order valence-electron chi connectivity index (χ2n) is 7.21. The fourth-order valence-electron chi connectivity index (χ4n) is 2.88. The van der Waals surface area contributed by atoms with E-state index in [1.165, 1.54) is 13.8 Å². The van der Waals surface area contributed by atoms with Crippen molar-refractivity contribution in [3.63, 3.8) is 0 Å². The van der Waals surface area contributed by atoms with Crippen molar-refractivity contribution in [2.45, 2.75) is 44.4 Å². The maximum absolute atomic E-state index is 12.4. The number of hydrogen-bond donors (Lipinski definition) is 7. The molecule has 0 radical (unpaired) electrons. The molecule has 0 bridgehead atoms. The van der Waals surface area contributed by atoms with Crippen LogP contribution in [0.3, 0.4) is 0 Å². The maximum Gasteiger partial charge on any atom is 0.325 e. The number of aromatic amines is 1. The number of carbonyl (C=O) groups is 4. The summed E-state index contributed by atoms with van der Waals surface area (Å²) in [7, 11) is 0. The third-order valence-electron chi connectivity index (χ3n) is 4.75. The zero-order valence-electron chi connectivity index (χ0n) is 17.2. The van der Waals surface area contributed by atoms with E-state index in [2.05, 4.69) is 20.9 Å². The minimum Gasteiger partial charge on any atom is -0.480 e. The zero-order valence-corrected chi connectivity index (χ0v) is 17.2. The van der Waals surface area contributed by atoms with E-state index in [0.29, 0.717) is 0 Å². The average Bonchev–Trinajstić information content (AvgIpc) is 3.14. The summed E-state index contributed by atoms with van der Waals surface area (Å²) in [6.45, 7) is 1.92. The SMILES string of the molecule is CC(NC(=O)C(C)NC(=O)C(CO)NC(=O)C(N)Cc1c[nH]c2ccccc12)C(=O)O. The second-order valence-corrected chi connectivity index (χ2v) is 7.21. The van der Waals surface area contributed by atoms with Crippen molar-refractivity contribution in [1.82, 2.24) is 20.9 Å². The first kappa shape index (κ1) is 23.8. The molecule has 0 aliphatic rings. The number of aliphatic hydroxyl groups excluding tert-OH is 1. The van der Waals surface area contributed by atoms with Crippen LogP contribution in [0.2, 0.25) is 0 Å². The van der Waals surface area contributed by atoms with E-state index < -0.39 is 54.5 Å². The van der Waals surface area contributed by atoms with E-state index in [4.69, 9.17) is 10.8 Å². The highest BCUT2D eigenvalue weighted by molar-refractivity contribution is 5.94. The Bertz CT molecular complexity index is 958. The van der Waals surface area contributed by atoms with E-state index in [-0.39, 0.29) is 6.42 Å². The molecule has 31 heavy (non-hydrogen) atoms. The van der Waals surface area contributed by atoms with Crippen LogP contribution >= 0.6 is 0 Å². The van der Waals surface area contributed by atoms with Gasteiger partial charge in [-0.15, -0.1) is 0 Å². The average molecular weight is 433 g/mol. The quantitative estimate of drug-likeness (QED) is 0.240. The summed E-state index contributed by atoms with van der Waals surface area (Å²) in [6.07, 6.45) is 1.97. The number of aliphatic hydroxyl groups is 1. The molecule has 0 spiro atoms. The number of carboxylic acids is 1. The molecule has 1 heterocycles. The highest BCUT2D eigenvalue weighted by Crippen LogP contribution is 2.18. The fraction of sp³-hybridized carbons (Fsp3) is 0.400. The standard InChI is InChI=1S/C20H27N5O6/c1-10(17(27)24-11(2)20(30)31)23-19(29)16(9-26)25-18(28)14(21)7-12-8-22-15-6-4-3-5-13(12)15/h3-6,8,10-11,14,16,22,26H,7,9,21H2,1-2H3,(H,23,29)(H,24,27)(H,25,28)(H,30,31). The van der Waals surface area contributed by atoms with Crippen molar-refractivity contribution in [3.05, 3.63) is 36.0 Å². The number of para-hydroxylation sites is 1. The normalized spacial score (nSPS) is 14.8. The lowest BCUT2D eigenvalue weighted by molar-refractivity contribution is -0.141. The number of H-pyrrole nitrogens is 1. The molecule has 168 valence electrons. The number of aromatic nitrogens is 1. The van der Waals surface area contributed by atoms with Crippen molar-refractivity contribution in [3.8, 4) is 0 Å². The van der Waals surface area contributed by atoms with Crippen molar-refractivity contribution in [2.75, 3.05) is 6.61 Å². The molecule has 11 nitrogen and oxygen atoms in total. The number of carboxylic acid groups (broad SMARTS) is 1. The molecule has 4 atom stereocenters. The third-order valence-corrected chi connectivity index (χ3v) is 4.75. The first-order chi connectivity index (χ1) is 14.6. The Hall–Kier alpha value is -3.44. The molecule has 8 N–H and O–H groups in total. The van der Waals surface area contributed by atoms with E-state index >= 15 is 0 Å². The largest absolute Gasteiger partial charge is 0.480 e. The summed E-state index contributed by atoms with van der Waals surface area (Å²) in [6, 6.07) is 3.02. The lowest BCUT2D eigenvalue weighted by Crippen LogP contribution is -2.57. The second kappa shape index (κ2) is 10.5. The molecule has 0 fully saturated rings. The van der Waals surface area contributed by atoms with E-state index in [1.54, 1.807) is 6.20 Å². The van der Waals surface area contributed by atoms with Crippen LogP contribution in [-0.2, 0) is 25.6 Å². The third kappa shape index (κ3) is 6.27. The van der Waals surface area contributed by atoms with E-state index in [9.17, 15) is 24.3 Å². The van der Waals surface area contributed by atoms with E-state index in [1.807, 2.05) is 24.3 Å². The summed E-state index contributed by atoms with van der Waals surface area (Å²) in [5.74, 6) is -3.39. The number of nitrogens with one attached hydrogen (secondary N) is 4. The van der Waals surface area contributed by atoms with Gasteiger partial charge < -0.3 is 36.9 Å². The Kier molecular flexibility index (Phi) is 8.11. The lowest BCUT2D eigenvalue weighted by atomic mass is 10.0. The number of aliphatic carboxylic acids is 1. The maximum atomic E-state index is 12.4. The number of amides is 3. The van der Waals surface area contributed by atoms with Crippen molar-refractivity contribution < 1.29 is 29.4 Å². The van der Waals surface area contributed by atoms with Crippen LogP contribution in [0.25, 0.3) is 10.9 Å². The molecule has 0 saturated heterocycles. The van der Waals surface area contributed by atoms with Gasteiger partial charge in [-0.25, -0.2) is 0 Å². The fourth-order valence-corrected chi connectivity index (χ4v) is 2.88. The van der Waals surface area contributed by atoms with Gasteiger partial charge in [0.2, 0.25) is 17.7 Å². The van der Waals surface area contributed by atoms with Gasteiger partial charge in [-0.1, -0.05) is 18.2 Å². The molecule has 2 rings (SSSR count). The smallest absolute Gasteiger partial charge is 0.325 e. The first-order valence-electron chi connectivity index (χ1n) is 9.69. The number of hydrogen-bond acceptors (Lipinski definition) is 6. The summed E-state index contributed by atoms with van der Waals surface area (Å²) in [4.78, 5) is 50.6. The van der Waals surface area contributed by atoms with Gasteiger partial charge in [-0.05, 0) is 31.9 Å². The Morgan fingerprint density at radius 1 is 1.00 bits per heavy atom. The van der Waals surface area contributed by atoms with Gasteiger partial charge in [0.15, 0.2) is 0 Å². The zero-order chi connectivity index (χ0) is 23.1. The first-order valence-corrected chi connectivity index (χ1v) is 9.69. The highest BCUT2D eigenvalue weighted by Gasteiger charge is 2.27. The summed E-state index contributed by atoms with van der Waals surface area (Å²) in [5.41, 5.74) is 7.72. The molecule has 11 heteroatoms. The van der Waals surface area contributed by atoms with Gasteiger partial charge in [-0.3, -0.25) is 19.2 Å². The monoisotopic (exact) mass is 433 g/mol. The number of fused-ring (bicyclic) bond motifs is 1. The summed E-state index contributed by atoms with van der Waals surface area (Å²) < 4.78 is 0. The Labute approximate surface area is 178 Å². The van der Waals surface area contributed by atoms with Gasteiger partial charge in [0, 0.05) is 17.1 Å². The predicted molar refractivity (Wildman–Crippen MR) is 112 cm³/mol. The minimum atomic E-state index is -1.33. The van der Waals surface area contributed by atoms with Crippen LogP contribution in [0.5, 0.6) is 0 Å². The Morgan fingerprint density at radius 3 is 2.29 bits per heavy atom. The van der Waals surface area contributed by atoms with Gasteiger partial charge in [0.05, 0.1) is 12.6 Å². The molecule has 1 aromatic carbocycles. The van der Waals surface area contributed by atoms with Crippen molar-refractivity contribution in [2.24, 2.45) is 5.73 Å². The number of carbonyl (C=O) groups excluding carboxylic acids is 3. The summed E-state index contributed by atoms with van der Waals surface area (Å²) >= 11 is 0. The minimum absolute atomic E-state index is 0.210. The number of nitrogens with two attached hydrogens (primary N) is 1. The predicted octanol–water partition coefficient (Wildman–Crippen LogP) is -1.39. The number of benzene rings is 1. The van der Waals surface area contributed by atoms with Crippen molar-refractivity contribution >= 4 is 34.6 Å². The van der Waals surface area contributed by atoms with Gasteiger partial charge >= 0.3 is 5.97 Å². The van der Waals surface area contributed by atoms with Gasteiger partial charge in [0.25, 0.3) is 0 Å².